The van der Waals surface area contributed by atoms with Gasteiger partial charge in [-0.25, -0.2) is 8.42 Å². The molecule has 0 radical (unpaired) electrons. The lowest BCUT2D eigenvalue weighted by Gasteiger charge is -2.27. The van der Waals surface area contributed by atoms with Crippen LogP contribution in [-0.4, -0.2) is 20.9 Å². The monoisotopic (exact) mass is 453 g/mol. The van der Waals surface area contributed by atoms with Crippen LogP contribution in [0.5, 0.6) is 0 Å². The fourth-order valence-corrected chi connectivity index (χ4v) is 4.54. The van der Waals surface area contributed by atoms with Crippen LogP contribution in [0.4, 0.5) is 5.69 Å². The number of anilines is 1. The summed E-state index contributed by atoms with van der Waals surface area (Å²) in [5.74, 6) is -0.607. The molecule has 0 spiro atoms. The number of hydrogen-bond acceptors (Lipinski definition) is 3. The summed E-state index contributed by atoms with van der Waals surface area (Å²) in [6.07, 6.45) is 2.07. The van der Waals surface area contributed by atoms with Crippen molar-refractivity contribution in [3.05, 3.63) is 74.7 Å². The van der Waals surface area contributed by atoms with Crippen LogP contribution < -0.4 is 4.90 Å². The maximum absolute atomic E-state index is 12.7. The zero-order chi connectivity index (χ0) is 17.2. The van der Waals surface area contributed by atoms with Crippen LogP contribution in [0.25, 0.3) is 0 Å². The summed E-state index contributed by atoms with van der Waals surface area (Å²) in [4.78, 5) is 14.2. The van der Waals surface area contributed by atoms with Crippen LogP contribution in [0.1, 0.15) is 12.0 Å². The molecule has 124 valence electrons. The third kappa shape index (κ3) is 3.70. The van der Waals surface area contributed by atoms with Gasteiger partial charge in [-0.1, -0.05) is 36.4 Å². The molecule has 0 N–H and O–H groups in total. The molecule has 0 saturated heterocycles. The van der Waals surface area contributed by atoms with Crippen molar-refractivity contribution < 1.29 is 13.2 Å². The Labute approximate surface area is 155 Å². The second kappa shape index (κ2) is 7.06. The standard InChI is InChI=1S/C18H16INO3S/c19-15-8-10-16(11-9-15)20-12-4-7-17(18(20)21)24(22,23)13-14-5-2-1-3-6-14/h1-3,5-11H,4,12-13H2. The highest BCUT2D eigenvalue weighted by Gasteiger charge is 2.32. The highest BCUT2D eigenvalue weighted by atomic mass is 127. The van der Waals surface area contributed by atoms with Crippen molar-refractivity contribution in [2.75, 3.05) is 11.4 Å². The largest absolute Gasteiger partial charge is 0.307 e. The average Bonchev–Trinajstić information content (AvgIpc) is 2.56. The summed E-state index contributed by atoms with van der Waals surface area (Å²) in [6, 6.07) is 16.4. The highest BCUT2D eigenvalue weighted by molar-refractivity contribution is 14.1. The molecular weight excluding hydrogens is 437 g/mol. The van der Waals surface area contributed by atoms with Gasteiger partial charge in [0.2, 0.25) is 0 Å². The van der Waals surface area contributed by atoms with E-state index in [0.717, 1.165) is 9.26 Å². The van der Waals surface area contributed by atoms with Gasteiger partial charge in [-0.3, -0.25) is 4.79 Å². The van der Waals surface area contributed by atoms with Crippen LogP contribution >= 0.6 is 22.6 Å². The summed E-state index contributed by atoms with van der Waals surface area (Å²) >= 11 is 2.19. The molecule has 0 atom stereocenters. The van der Waals surface area contributed by atoms with E-state index in [1.807, 2.05) is 30.3 Å². The lowest BCUT2D eigenvalue weighted by molar-refractivity contribution is -0.114. The molecular formula is C18H16INO3S. The van der Waals surface area contributed by atoms with Crippen molar-refractivity contribution >= 4 is 44.0 Å². The fraction of sp³-hybridized carbons (Fsp3) is 0.167. The number of amides is 1. The Balaban J connectivity index is 1.87. The Morgan fingerprint density at radius 3 is 2.33 bits per heavy atom. The van der Waals surface area contributed by atoms with Crippen molar-refractivity contribution in [2.45, 2.75) is 12.2 Å². The first-order valence-corrected chi connectivity index (χ1v) is 10.2. The van der Waals surface area contributed by atoms with Crippen molar-refractivity contribution in [1.29, 1.82) is 0 Å². The van der Waals surface area contributed by atoms with Gasteiger partial charge in [0.1, 0.15) is 4.91 Å². The lowest BCUT2D eigenvalue weighted by Crippen LogP contribution is -2.38. The quantitative estimate of drug-likeness (QED) is 0.666. The molecule has 2 aromatic carbocycles. The van der Waals surface area contributed by atoms with Gasteiger partial charge in [0.15, 0.2) is 9.84 Å². The molecule has 1 aliphatic rings. The normalized spacial score (nSPS) is 15.3. The third-order valence-electron chi connectivity index (χ3n) is 3.81. The first kappa shape index (κ1) is 17.2. The van der Waals surface area contributed by atoms with E-state index in [2.05, 4.69) is 22.6 Å². The van der Waals surface area contributed by atoms with Gasteiger partial charge >= 0.3 is 0 Å². The summed E-state index contributed by atoms with van der Waals surface area (Å²) < 4.78 is 26.4. The molecule has 0 fully saturated rings. The number of hydrogen-bond donors (Lipinski definition) is 0. The molecule has 3 rings (SSSR count). The number of halogens is 1. The maximum Gasteiger partial charge on any atom is 0.269 e. The van der Waals surface area contributed by atoms with Gasteiger partial charge in [-0.15, -0.1) is 0 Å². The number of rotatable bonds is 4. The molecule has 6 heteroatoms. The summed E-state index contributed by atoms with van der Waals surface area (Å²) in [6.45, 7) is 0.490. The molecule has 1 aliphatic heterocycles. The van der Waals surface area contributed by atoms with Gasteiger partial charge < -0.3 is 4.90 Å². The molecule has 4 nitrogen and oxygen atoms in total. The smallest absolute Gasteiger partial charge is 0.269 e. The molecule has 0 unspecified atom stereocenters. The summed E-state index contributed by atoms with van der Waals surface area (Å²) in [5, 5.41) is 0. The molecule has 2 aromatic rings. The minimum absolute atomic E-state index is 0.101. The number of carbonyl (C=O) groups excluding carboxylic acids is 1. The molecule has 0 saturated carbocycles. The Hall–Kier alpha value is -1.67. The van der Waals surface area contributed by atoms with Crippen molar-refractivity contribution in [3.63, 3.8) is 0 Å². The minimum atomic E-state index is -3.67. The van der Waals surface area contributed by atoms with Crippen LogP contribution in [-0.2, 0) is 20.4 Å². The van der Waals surface area contributed by atoms with E-state index in [9.17, 15) is 13.2 Å². The van der Waals surface area contributed by atoms with Crippen molar-refractivity contribution in [2.24, 2.45) is 0 Å². The van der Waals surface area contributed by atoms with E-state index in [0.29, 0.717) is 18.5 Å². The predicted molar refractivity (Wildman–Crippen MR) is 103 cm³/mol. The zero-order valence-electron chi connectivity index (χ0n) is 12.9. The van der Waals surface area contributed by atoms with E-state index >= 15 is 0 Å². The number of benzene rings is 2. The summed E-state index contributed by atoms with van der Waals surface area (Å²) in [7, 11) is -3.67. The van der Waals surface area contributed by atoms with Crippen LogP contribution in [0.3, 0.4) is 0 Å². The number of nitrogens with zero attached hydrogens (tertiary/aromatic N) is 1. The number of sulfone groups is 1. The first-order valence-electron chi connectivity index (χ1n) is 7.52. The Morgan fingerprint density at radius 1 is 1.00 bits per heavy atom. The molecule has 24 heavy (non-hydrogen) atoms. The predicted octanol–water partition coefficient (Wildman–Crippen LogP) is 3.53. The molecule has 0 aromatic heterocycles. The van der Waals surface area contributed by atoms with Crippen molar-refractivity contribution in [3.8, 4) is 0 Å². The van der Waals surface area contributed by atoms with E-state index < -0.39 is 15.7 Å². The van der Waals surface area contributed by atoms with Crippen molar-refractivity contribution in [1.82, 2.24) is 0 Å². The van der Waals surface area contributed by atoms with E-state index in [1.54, 1.807) is 30.3 Å². The first-order chi connectivity index (χ1) is 11.5. The highest BCUT2D eigenvalue weighted by Crippen LogP contribution is 2.26. The number of carbonyl (C=O) groups is 1. The van der Waals surface area contributed by atoms with Gasteiger partial charge in [0.25, 0.3) is 5.91 Å². The molecule has 1 heterocycles. The second-order valence-corrected chi connectivity index (χ2v) is 8.74. The SMILES string of the molecule is O=C1C(S(=O)(=O)Cc2ccccc2)=CCCN1c1ccc(I)cc1. The zero-order valence-corrected chi connectivity index (χ0v) is 15.8. The van der Waals surface area contributed by atoms with Gasteiger partial charge in [-0.05, 0) is 58.8 Å². The maximum atomic E-state index is 12.7. The third-order valence-corrected chi connectivity index (χ3v) is 6.26. The van der Waals surface area contributed by atoms with Crippen LogP contribution in [0, 0.1) is 3.57 Å². The molecule has 0 bridgehead atoms. The molecule has 1 amide bonds. The Morgan fingerprint density at radius 2 is 1.67 bits per heavy atom. The summed E-state index contributed by atoms with van der Waals surface area (Å²) in [5.41, 5.74) is 1.40. The van der Waals surface area contributed by atoms with E-state index in [-0.39, 0.29) is 10.7 Å². The van der Waals surface area contributed by atoms with Gasteiger partial charge in [-0.2, -0.15) is 0 Å². The van der Waals surface area contributed by atoms with E-state index in [1.165, 1.54) is 4.90 Å². The lowest BCUT2D eigenvalue weighted by atomic mass is 10.2. The van der Waals surface area contributed by atoms with E-state index in [4.69, 9.17) is 0 Å². The fourth-order valence-electron chi connectivity index (χ4n) is 2.65. The average molecular weight is 453 g/mol. The minimum Gasteiger partial charge on any atom is -0.307 e. The Bertz CT molecular complexity index is 874. The van der Waals surface area contributed by atoms with Gasteiger partial charge in [0.05, 0.1) is 5.75 Å². The molecule has 0 aliphatic carbocycles. The van der Waals surface area contributed by atoms with Gasteiger partial charge in [0, 0.05) is 15.8 Å². The Kier molecular flexibility index (Phi) is 5.05. The second-order valence-electron chi connectivity index (χ2n) is 5.53. The van der Waals surface area contributed by atoms with Crippen LogP contribution in [0.15, 0.2) is 65.6 Å². The van der Waals surface area contributed by atoms with Crippen LogP contribution in [0.2, 0.25) is 0 Å². The topological polar surface area (TPSA) is 54.5 Å².